The quantitative estimate of drug-likeness (QED) is 0.666. The summed E-state index contributed by atoms with van der Waals surface area (Å²) >= 11 is 0. The van der Waals surface area contributed by atoms with Gasteiger partial charge in [0.05, 0.1) is 10.8 Å². The van der Waals surface area contributed by atoms with Crippen LogP contribution in [0, 0.1) is 11.7 Å². The Morgan fingerprint density at radius 3 is 2.35 bits per heavy atom. The van der Waals surface area contributed by atoms with Crippen LogP contribution in [0.15, 0.2) is 53.4 Å². The number of alkyl halides is 3. The predicted molar refractivity (Wildman–Crippen MR) is 105 cm³/mol. The van der Waals surface area contributed by atoms with E-state index in [1.807, 2.05) is 0 Å². The van der Waals surface area contributed by atoms with Gasteiger partial charge >= 0.3 is 6.18 Å². The number of hydrogen-bond donors (Lipinski definition) is 1. The Morgan fingerprint density at radius 2 is 1.74 bits per heavy atom. The van der Waals surface area contributed by atoms with E-state index in [1.165, 1.54) is 40.7 Å². The van der Waals surface area contributed by atoms with Gasteiger partial charge in [-0.05, 0) is 61.4 Å². The molecule has 1 aliphatic heterocycles. The van der Waals surface area contributed by atoms with Crippen LogP contribution in [0.5, 0.6) is 5.75 Å². The fraction of sp³-hybridized carbons (Fsp3) is 0.350. The highest BCUT2D eigenvalue weighted by Crippen LogP contribution is 2.26. The van der Waals surface area contributed by atoms with Gasteiger partial charge in [-0.2, -0.15) is 17.5 Å². The standard InChI is InChI=1S/C20H20F4N2O4S/c21-15-3-9-18(10-4-15)31(28,29)26-11-1-2-14(12-26)19(27)25-16-5-7-17(8-6-16)30-13-20(22,23)24/h3-10,14H,1-2,11-13H2,(H,25,27)/t14-/m0/s1. The average molecular weight is 460 g/mol. The Labute approximate surface area is 176 Å². The van der Waals surface area contributed by atoms with Crippen LogP contribution < -0.4 is 10.1 Å². The first-order valence-corrected chi connectivity index (χ1v) is 10.8. The van der Waals surface area contributed by atoms with Gasteiger partial charge in [0.15, 0.2) is 6.61 Å². The molecule has 0 spiro atoms. The van der Waals surface area contributed by atoms with Crippen molar-refractivity contribution in [2.75, 3.05) is 25.0 Å². The molecule has 11 heteroatoms. The first-order chi connectivity index (χ1) is 14.5. The zero-order valence-corrected chi connectivity index (χ0v) is 17.0. The van der Waals surface area contributed by atoms with Gasteiger partial charge in [-0.15, -0.1) is 0 Å². The first kappa shape index (κ1) is 23.0. The number of amides is 1. The summed E-state index contributed by atoms with van der Waals surface area (Å²) in [5.41, 5.74) is 0.350. The van der Waals surface area contributed by atoms with Gasteiger partial charge in [-0.25, -0.2) is 12.8 Å². The lowest BCUT2D eigenvalue weighted by Crippen LogP contribution is -2.43. The number of sulfonamides is 1. The van der Waals surface area contributed by atoms with Gasteiger partial charge in [0.25, 0.3) is 0 Å². The Hall–Kier alpha value is -2.66. The number of carbonyl (C=O) groups excluding carboxylic acids is 1. The maximum Gasteiger partial charge on any atom is 0.422 e. The molecule has 0 unspecified atom stereocenters. The smallest absolute Gasteiger partial charge is 0.422 e. The van der Waals surface area contributed by atoms with Crippen molar-refractivity contribution < 1.29 is 35.5 Å². The zero-order valence-electron chi connectivity index (χ0n) is 16.2. The third-order valence-corrected chi connectivity index (χ3v) is 6.61. The summed E-state index contributed by atoms with van der Waals surface area (Å²) in [6.07, 6.45) is -3.50. The maximum absolute atomic E-state index is 13.1. The predicted octanol–water partition coefficient (Wildman–Crippen LogP) is 3.81. The van der Waals surface area contributed by atoms with E-state index >= 15 is 0 Å². The van der Waals surface area contributed by atoms with Crippen molar-refractivity contribution >= 4 is 21.6 Å². The monoisotopic (exact) mass is 460 g/mol. The SMILES string of the molecule is O=C(Nc1ccc(OCC(F)(F)F)cc1)[C@H]1CCCN(S(=O)(=O)c2ccc(F)cc2)C1. The molecular formula is C20H20F4N2O4S. The zero-order chi connectivity index (χ0) is 22.6. The second-order valence-corrected chi connectivity index (χ2v) is 9.01. The fourth-order valence-electron chi connectivity index (χ4n) is 3.17. The number of carbonyl (C=O) groups is 1. The van der Waals surface area contributed by atoms with E-state index in [2.05, 4.69) is 10.1 Å². The van der Waals surface area contributed by atoms with E-state index in [0.29, 0.717) is 18.5 Å². The molecular weight excluding hydrogens is 440 g/mol. The number of benzene rings is 2. The molecule has 1 saturated heterocycles. The van der Waals surface area contributed by atoms with Crippen molar-refractivity contribution in [2.24, 2.45) is 5.92 Å². The number of piperidine rings is 1. The van der Waals surface area contributed by atoms with Gasteiger partial charge in [0.2, 0.25) is 15.9 Å². The average Bonchev–Trinajstić information content (AvgIpc) is 2.73. The van der Waals surface area contributed by atoms with Gasteiger partial charge in [-0.1, -0.05) is 0 Å². The molecule has 2 aromatic carbocycles. The molecule has 2 aromatic rings. The molecule has 0 saturated carbocycles. The number of nitrogens with one attached hydrogen (secondary N) is 1. The highest BCUT2D eigenvalue weighted by molar-refractivity contribution is 7.89. The van der Waals surface area contributed by atoms with Crippen LogP contribution in [0.3, 0.4) is 0 Å². The molecule has 168 valence electrons. The lowest BCUT2D eigenvalue weighted by molar-refractivity contribution is -0.153. The van der Waals surface area contributed by atoms with E-state index in [4.69, 9.17) is 0 Å². The van der Waals surface area contributed by atoms with Gasteiger partial charge in [0.1, 0.15) is 11.6 Å². The largest absolute Gasteiger partial charge is 0.484 e. The number of hydrogen-bond acceptors (Lipinski definition) is 4. The van der Waals surface area contributed by atoms with Crippen molar-refractivity contribution in [1.29, 1.82) is 0 Å². The first-order valence-electron chi connectivity index (χ1n) is 9.41. The van der Waals surface area contributed by atoms with Crippen LogP contribution >= 0.6 is 0 Å². The van der Waals surface area contributed by atoms with Crippen LogP contribution in [0.25, 0.3) is 0 Å². The van der Waals surface area contributed by atoms with Crippen molar-refractivity contribution in [3.8, 4) is 5.75 Å². The lowest BCUT2D eigenvalue weighted by atomic mass is 9.99. The minimum Gasteiger partial charge on any atom is -0.484 e. The van der Waals surface area contributed by atoms with Crippen LogP contribution in [0.1, 0.15) is 12.8 Å². The summed E-state index contributed by atoms with van der Waals surface area (Å²) in [7, 11) is -3.86. The molecule has 31 heavy (non-hydrogen) atoms. The maximum atomic E-state index is 13.1. The Bertz CT molecular complexity index is 1010. The third kappa shape index (κ3) is 6.17. The number of anilines is 1. The second-order valence-electron chi connectivity index (χ2n) is 7.07. The summed E-state index contributed by atoms with van der Waals surface area (Å²) in [5.74, 6) is -1.55. The molecule has 6 nitrogen and oxygen atoms in total. The van der Waals surface area contributed by atoms with Crippen molar-refractivity contribution in [3.05, 3.63) is 54.3 Å². The van der Waals surface area contributed by atoms with Gasteiger partial charge in [-0.3, -0.25) is 4.79 Å². The van der Waals surface area contributed by atoms with E-state index in [-0.39, 0.29) is 23.7 Å². The third-order valence-electron chi connectivity index (χ3n) is 4.73. The highest BCUT2D eigenvalue weighted by Gasteiger charge is 2.33. The van der Waals surface area contributed by atoms with E-state index < -0.39 is 40.4 Å². The molecule has 1 aliphatic rings. The van der Waals surface area contributed by atoms with Crippen molar-refractivity contribution in [1.82, 2.24) is 4.31 Å². The molecule has 0 radical (unpaired) electrons. The number of nitrogens with zero attached hydrogens (tertiary/aromatic N) is 1. The van der Waals surface area contributed by atoms with E-state index in [1.54, 1.807) is 0 Å². The summed E-state index contributed by atoms with van der Waals surface area (Å²) in [6, 6.07) is 9.87. The van der Waals surface area contributed by atoms with Crippen LogP contribution in [-0.4, -0.2) is 44.5 Å². The van der Waals surface area contributed by atoms with Crippen LogP contribution in [-0.2, 0) is 14.8 Å². The van der Waals surface area contributed by atoms with Crippen LogP contribution in [0.2, 0.25) is 0 Å². The van der Waals surface area contributed by atoms with Gasteiger partial charge in [0, 0.05) is 18.8 Å². The molecule has 0 aliphatic carbocycles. The van der Waals surface area contributed by atoms with E-state index in [9.17, 15) is 30.8 Å². The normalized spacial score (nSPS) is 17.9. The van der Waals surface area contributed by atoms with Crippen molar-refractivity contribution in [2.45, 2.75) is 23.9 Å². The minimum atomic E-state index is -4.45. The number of ether oxygens (including phenoxy) is 1. The molecule has 1 N–H and O–H groups in total. The van der Waals surface area contributed by atoms with Gasteiger partial charge < -0.3 is 10.1 Å². The number of rotatable bonds is 6. The molecule has 1 heterocycles. The Balaban J connectivity index is 1.61. The summed E-state index contributed by atoms with van der Waals surface area (Å²) in [6.45, 7) is -1.20. The topological polar surface area (TPSA) is 75.7 Å². The Morgan fingerprint density at radius 1 is 1.10 bits per heavy atom. The summed E-state index contributed by atoms with van der Waals surface area (Å²) in [4.78, 5) is 12.5. The molecule has 1 amide bonds. The molecule has 0 bridgehead atoms. The summed E-state index contributed by atoms with van der Waals surface area (Å²) < 4.78 is 81.0. The minimum absolute atomic E-state index is 0.00422. The highest BCUT2D eigenvalue weighted by atomic mass is 32.2. The summed E-state index contributed by atoms with van der Waals surface area (Å²) in [5, 5.41) is 2.64. The van der Waals surface area contributed by atoms with Crippen molar-refractivity contribution in [3.63, 3.8) is 0 Å². The molecule has 1 atom stereocenters. The van der Waals surface area contributed by atoms with E-state index in [0.717, 1.165) is 12.1 Å². The fourth-order valence-corrected chi connectivity index (χ4v) is 4.70. The number of halogens is 4. The second kappa shape index (κ2) is 9.23. The van der Waals surface area contributed by atoms with Crippen LogP contribution in [0.4, 0.5) is 23.2 Å². The lowest BCUT2D eigenvalue weighted by Gasteiger charge is -2.31. The molecule has 0 aromatic heterocycles. The Kier molecular flexibility index (Phi) is 6.85. The molecule has 1 fully saturated rings. The molecule has 3 rings (SSSR count).